The first-order chi connectivity index (χ1) is 30.7. The van der Waals surface area contributed by atoms with Gasteiger partial charge < -0.3 is 9.13 Å². The van der Waals surface area contributed by atoms with Gasteiger partial charge in [-0.3, -0.25) is 9.97 Å². The number of allylic oxidation sites excluding steroid dienone is 1. The van der Waals surface area contributed by atoms with E-state index in [9.17, 15) is 0 Å². The smallest absolute Gasteiger partial charge is 0.0645 e. The van der Waals surface area contributed by atoms with Crippen LogP contribution in [-0.4, -0.2) is 19.1 Å². The molecule has 0 saturated heterocycles. The fourth-order valence-electron chi connectivity index (χ4n) is 11.6. The topological polar surface area (TPSA) is 35.6 Å². The largest absolute Gasteiger partial charge is 0.311 e. The predicted molar refractivity (Wildman–Crippen MR) is 257 cm³/mol. The van der Waals surface area contributed by atoms with E-state index in [0.29, 0.717) is 0 Å². The SMILES string of the molecule is C1=C(c2ccc3ccccc3c2)CCc2c1c1cc3c4c(c1n2-c1cccnc1)CCc1c-4c(cc2c4cc(-c5ccc6ccccc6c5)ccc4n(-c4cccnc4)c12)CC3. The Morgan fingerprint density at radius 2 is 1.00 bits per heavy atom. The maximum Gasteiger partial charge on any atom is 0.0645 e. The Morgan fingerprint density at radius 1 is 0.419 bits per heavy atom. The number of hydrogen-bond acceptors (Lipinski definition) is 2. The van der Waals surface area contributed by atoms with Crippen molar-refractivity contribution in [3.05, 3.63) is 203 Å². The molecule has 0 aliphatic heterocycles. The number of nitrogens with zero attached hydrogens (tertiary/aromatic N) is 4. The molecule has 7 aromatic carbocycles. The van der Waals surface area contributed by atoms with Crippen LogP contribution in [0.4, 0.5) is 0 Å². The lowest BCUT2D eigenvalue weighted by Crippen LogP contribution is -2.16. The molecule has 3 aliphatic carbocycles. The van der Waals surface area contributed by atoms with Crippen molar-refractivity contribution in [2.24, 2.45) is 0 Å². The Bertz CT molecular complexity index is 3740. The van der Waals surface area contributed by atoms with Crippen molar-refractivity contribution in [3.8, 4) is 33.6 Å². The molecule has 0 radical (unpaired) electrons. The van der Waals surface area contributed by atoms with Crippen LogP contribution in [0.1, 0.15) is 45.5 Å². The van der Waals surface area contributed by atoms with Gasteiger partial charge in [-0.2, -0.15) is 0 Å². The predicted octanol–water partition coefficient (Wildman–Crippen LogP) is 13.8. The molecule has 4 nitrogen and oxygen atoms in total. The van der Waals surface area contributed by atoms with Crippen molar-refractivity contribution in [2.45, 2.75) is 38.5 Å². The van der Waals surface area contributed by atoms with Gasteiger partial charge in [-0.05, 0) is 182 Å². The third-order valence-corrected chi connectivity index (χ3v) is 14.3. The number of pyridine rings is 2. The van der Waals surface area contributed by atoms with E-state index in [4.69, 9.17) is 0 Å². The second kappa shape index (κ2) is 13.0. The third kappa shape index (κ3) is 4.89. The van der Waals surface area contributed by atoms with Crippen LogP contribution in [-0.2, 0) is 32.1 Å². The van der Waals surface area contributed by atoms with Crippen LogP contribution < -0.4 is 0 Å². The van der Waals surface area contributed by atoms with E-state index in [0.717, 1.165) is 49.9 Å². The Kier molecular flexibility index (Phi) is 7.15. The van der Waals surface area contributed by atoms with Crippen molar-refractivity contribution < 1.29 is 0 Å². The summed E-state index contributed by atoms with van der Waals surface area (Å²) in [4.78, 5) is 9.31. The van der Waals surface area contributed by atoms with Gasteiger partial charge in [-0.25, -0.2) is 0 Å². The zero-order valence-electron chi connectivity index (χ0n) is 34.2. The highest BCUT2D eigenvalue weighted by Gasteiger charge is 2.34. The van der Waals surface area contributed by atoms with E-state index in [1.807, 2.05) is 18.6 Å². The molecule has 14 rings (SSSR count). The number of fused-ring (bicyclic) bond motifs is 10. The van der Waals surface area contributed by atoms with Gasteiger partial charge in [0.2, 0.25) is 0 Å². The van der Waals surface area contributed by atoms with E-state index < -0.39 is 0 Å². The number of benzene rings is 7. The summed E-state index contributed by atoms with van der Waals surface area (Å²) in [6, 6.07) is 52.0. The van der Waals surface area contributed by atoms with Gasteiger partial charge in [0.1, 0.15) is 0 Å². The Morgan fingerprint density at radius 3 is 1.68 bits per heavy atom. The summed E-state index contributed by atoms with van der Waals surface area (Å²) in [5.41, 5.74) is 23.0. The van der Waals surface area contributed by atoms with Crippen LogP contribution >= 0.6 is 0 Å². The first-order valence-corrected chi connectivity index (χ1v) is 22.1. The highest BCUT2D eigenvalue weighted by atomic mass is 15.0. The van der Waals surface area contributed by atoms with Crippen LogP contribution in [0, 0.1) is 0 Å². The lowest BCUT2D eigenvalue weighted by Gasteiger charge is -2.31. The van der Waals surface area contributed by atoms with E-state index in [-0.39, 0.29) is 0 Å². The minimum absolute atomic E-state index is 0.973. The molecule has 0 unspecified atom stereocenters. The summed E-state index contributed by atoms with van der Waals surface area (Å²) in [5, 5.41) is 9.14. The van der Waals surface area contributed by atoms with Gasteiger partial charge in [0.15, 0.2) is 0 Å². The summed E-state index contributed by atoms with van der Waals surface area (Å²) in [6.45, 7) is 0. The quantitative estimate of drug-likeness (QED) is 0.178. The van der Waals surface area contributed by atoms with Crippen LogP contribution in [0.25, 0.3) is 99.5 Å². The number of aromatic nitrogens is 4. The molecule has 62 heavy (non-hydrogen) atoms. The summed E-state index contributed by atoms with van der Waals surface area (Å²) in [5.74, 6) is 0. The summed E-state index contributed by atoms with van der Waals surface area (Å²) in [6.07, 6.45) is 16.4. The molecule has 11 aromatic rings. The molecule has 0 N–H and O–H groups in total. The zero-order chi connectivity index (χ0) is 40.5. The van der Waals surface area contributed by atoms with Gasteiger partial charge in [0.05, 0.1) is 40.3 Å². The Hall–Kier alpha value is -7.56. The van der Waals surface area contributed by atoms with Gasteiger partial charge in [-0.15, -0.1) is 0 Å². The molecule has 3 aliphatic rings. The van der Waals surface area contributed by atoms with Crippen LogP contribution in [0.5, 0.6) is 0 Å². The fraction of sp³-hybridized carbons (Fsp3) is 0.103. The molecule has 0 fully saturated rings. The maximum absolute atomic E-state index is 4.67. The first kappa shape index (κ1) is 34.2. The first-order valence-electron chi connectivity index (χ1n) is 22.1. The second-order valence-corrected chi connectivity index (χ2v) is 17.5. The van der Waals surface area contributed by atoms with Crippen molar-refractivity contribution in [3.63, 3.8) is 0 Å². The van der Waals surface area contributed by atoms with Crippen molar-refractivity contribution in [1.82, 2.24) is 19.1 Å². The van der Waals surface area contributed by atoms with Crippen LogP contribution in [0.2, 0.25) is 0 Å². The number of aryl methyl sites for hydroxylation is 4. The van der Waals surface area contributed by atoms with Crippen molar-refractivity contribution in [1.29, 1.82) is 0 Å². The lowest BCUT2D eigenvalue weighted by molar-refractivity contribution is 0.869. The maximum atomic E-state index is 4.67. The lowest BCUT2D eigenvalue weighted by atomic mass is 9.73. The molecular formula is C58H40N4. The highest BCUT2D eigenvalue weighted by molar-refractivity contribution is 6.15. The van der Waals surface area contributed by atoms with E-state index >= 15 is 0 Å². The molecule has 4 heteroatoms. The van der Waals surface area contributed by atoms with Crippen LogP contribution in [0.3, 0.4) is 0 Å². The van der Waals surface area contributed by atoms with E-state index in [1.165, 1.54) is 121 Å². The van der Waals surface area contributed by atoms with Gasteiger partial charge in [0, 0.05) is 39.8 Å². The highest BCUT2D eigenvalue weighted by Crippen LogP contribution is 2.52. The fourth-order valence-corrected chi connectivity index (χ4v) is 11.6. The molecule has 0 saturated carbocycles. The molecular weight excluding hydrogens is 753 g/mol. The Labute approximate surface area is 359 Å². The summed E-state index contributed by atoms with van der Waals surface area (Å²) >= 11 is 0. The average molecular weight is 793 g/mol. The normalized spacial score (nSPS) is 14.2. The second-order valence-electron chi connectivity index (χ2n) is 17.5. The Balaban J connectivity index is 1.02. The molecule has 4 aromatic heterocycles. The summed E-state index contributed by atoms with van der Waals surface area (Å²) in [7, 11) is 0. The van der Waals surface area contributed by atoms with Gasteiger partial charge >= 0.3 is 0 Å². The van der Waals surface area contributed by atoms with Crippen LogP contribution in [0.15, 0.2) is 164 Å². The zero-order valence-corrected chi connectivity index (χ0v) is 34.2. The van der Waals surface area contributed by atoms with Gasteiger partial charge in [-0.1, -0.05) is 78.9 Å². The van der Waals surface area contributed by atoms with E-state index in [1.54, 1.807) is 0 Å². The monoisotopic (exact) mass is 792 g/mol. The average Bonchev–Trinajstić information content (AvgIpc) is 3.85. The standard InChI is InChI=1S/C58H40N4/c1-3-9-37-27-39(15-13-35(37)7-1)41-19-23-53-49(29-41)51-31-43-17-18-44-32-52-50-30-42(40-16-14-36-8-2-4-10-38(36)28-40)20-24-54(50)62(46-12-6-26-60-34-46)58(52)48-22-21-47(55(43)56(44)48)57(51)61(53)45-11-5-25-59-33-45/h1-16,19,23,25-34H,17-18,20-22,24H2. The molecule has 0 amide bonds. The molecule has 0 bridgehead atoms. The van der Waals surface area contributed by atoms with Gasteiger partial charge in [0.25, 0.3) is 0 Å². The summed E-state index contributed by atoms with van der Waals surface area (Å²) < 4.78 is 5.09. The third-order valence-electron chi connectivity index (χ3n) is 14.3. The van der Waals surface area contributed by atoms with Crippen molar-refractivity contribution >= 4 is 65.9 Å². The molecule has 0 spiro atoms. The number of rotatable bonds is 4. The molecule has 4 heterocycles. The minimum atomic E-state index is 0.973. The molecule has 0 atom stereocenters. The van der Waals surface area contributed by atoms with Crippen molar-refractivity contribution in [2.75, 3.05) is 0 Å². The number of hydrogen-bond donors (Lipinski definition) is 0. The minimum Gasteiger partial charge on any atom is -0.311 e. The molecule has 292 valence electrons. The van der Waals surface area contributed by atoms with E-state index in [2.05, 4.69) is 171 Å².